The first-order chi connectivity index (χ1) is 9.25. The molecule has 2 N–H and O–H groups in total. The summed E-state index contributed by atoms with van der Waals surface area (Å²) in [5.74, 6) is 0. The summed E-state index contributed by atoms with van der Waals surface area (Å²) in [6.07, 6.45) is 0. The Balaban J connectivity index is 2.43. The van der Waals surface area contributed by atoms with Crippen LogP contribution in [-0.4, -0.2) is 0 Å². The molecular weight excluding hydrogens is 258 g/mol. The molecule has 0 aliphatic heterocycles. The Morgan fingerprint density at radius 1 is 1.00 bits per heavy atom. The highest BCUT2D eigenvalue weighted by Crippen LogP contribution is 2.35. The monoisotopic (exact) mass is 267 g/mol. The van der Waals surface area contributed by atoms with Crippen molar-refractivity contribution in [2.75, 3.05) is 5.73 Å². The molecule has 2 aromatic carbocycles. The molecule has 0 amide bonds. The molecule has 92 valence electrons. The molecule has 19 heavy (non-hydrogen) atoms. The van der Waals surface area contributed by atoms with Gasteiger partial charge >= 0.3 is 5.63 Å². The van der Waals surface area contributed by atoms with Crippen LogP contribution in [0.1, 0.15) is 0 Å². The minimum atomic E-state index is -0.364. The van der Waals surface area contributed by atoms with Crippen molar-refractivity contribution in [1.29, 1.82) is 0 Å². The predicted molar refractivity (Wildman–Crippen MR) is 79.8 cm³/mol. The van der Waals surface area contributed by atoms with E-state index in [-0.39, 0.29) is 5.63 Å². The zero-order chi connectivity index (χ0) is 13.0. The van der Waals surface area contributed by atoms with Gasteiger partial charge in [0.05, 0.1) is 0 Å². The van der Waals surface area contributed by atoms with Crippen LogP contribution in [0.2, 0.25) is 0 Å². The Labute approximate surface area is 111 Å². The first kappa shape index (κ1) is 10.6. The molecule has 0 unspecified atom stereocenters. The fourth-order valence-corrected chi connectivity index (χ4v) is 3.32. The van der Waals surface area contributed by atoms with Crippen molar-refractivity contribution >= 4 is 48.9 Å². The normalized spacial score (nSPS) is 11.6. The van der Waals surface area contributed by atoms with E-state index in [1.807, 2.05) is 41.8 Å². The Morgan fingerprint density at radius 2 is 1.84 bits per heavy atom. The molecule has 0 aliphatic rings. The number of fused-ring (bicyclic) bond motifs is 5. The van der Waals surface area contributed by atoms with Gasteiger partial charge in [0, 0.05) is 16.2 Å². The van der Waals surface area contributed by atoms with Gasteiger partial charge in [-0.2, -0.15) is 0 Å². The Kier molecular flexibility index (Phi) is 2.00. The van der Waals surface area contributed by atoms with Gasteiger partial charge in [-0.3, -0.25) is 0 Å². The van der Waals surface area contributed by atoms with E-state index in [2.05, 4.69) is 0 Å². The highest BCUT2D eigenvalue weighted by Gasteiger charge is 2.13. The van der Waals surface area contributed by atoms with E-state index in [9.17, 15) is 4.79 Å². The van der Waals surface area contributed by atoms with Crippen LogP contribution in [0.3, 0.4) is 0 Å². The van der Waals surface area contributed by atoms with Crippen molar-refractivity contribution in [1.82, 2.24) is 0 Å². The lowest BCUT2D eigenvalue weighted by Crippen LogP contribution is -2.00. The number of nitrogens with two attached hydrogens (primary N) is 1. The van der Waals surface area contributed by atoms with Crippen molar-refractivity contribution in [3.63, 3.8) is 0 Å². The molecule has 3 nitrogen and oxygen atoms in total. The molecule has 0 saturated carbocycles. The fourth-order valence-electron chi connectivity index (χ4n) is 2.53. The second kappa shape index (κ2) is 3.59. The van der Waals surface area contributed by atoms with E-state index in [0.29, 0.717) is 16.0 Å². The third-order valence-corrected chi connectivity index (χ3v) is 4.20. The minimum Gasteiger partial charge on any atom is -0.422 e. The topological polar surface area (TPSA) is 56.2 Å². The van der Waals surface area contributed by atoms with E-state index in [1.165, 1.54) is 11.3 Å². The van der Waals surface area contributed by atoms with Crippen LogP contribution in [0.4, 0.5) is 5.00 Å². The molecule has 0 saturated heterocycles. The van der Waals surface area contributed by atoms with Crippen molar-refractivity contribution in [2.24, 2.45) is 0 Å². The summed E-state index contributed by atoms with van der Waals surface area (Å²) < 4.78 is 5.39. The number of anilines is 1. The van der Waals surface area contributed by atoms with Crippen molar-refractivity contribution < 1.29 is 4.42 Å². The van der Waals surface area contributed by atoms with Crippen molar-refractivity contribution in [3.8, 4) is 0 Å². The molecule has 2 aromatic heterocycles. The maximum atomic E-state index is 12.0. The molecule has 4 rings (SSSR count). The van der Waals surface area contributed by atoms with Gasteiger partial charge < -0.3 is 10.2 Å². The number of thiophene rings is 1. The second-order valence-corrected chi connectivity index (χ2v) is 5.35. The summed E-state index contributed by atoms with van der Waals surface area (Å²) in [5.41, 5.74) is 6.11. The van der Waals surface area contributed by atoms with Gasteiger partial charge in [0.15, 0.2) is 0 Å². The first-order valence-corrected chi connectivity index (χ1v) is 6.75. The largest absolute Gasteiger partial charge is 0.422 e. The first-order valence-electron chi connectivity index (χ1n) is 5.87. The Hall–Kier alpha value is -2.33. The smallest absolute Gasteiger partial charge is 0.347 e. The lowest BCUT2D eigenvalue weighted by atomic mass is 10.0. The molecule has 4 aromatic rings. The van der Waals surface area contributed by atoms with Crippen molar-refractivity contribution in [2.45, 2.75) is 0 Å². The minimum absolute atomic E-state index is 0.364. The van der Waals surface area contributed by atoms with Gasteiger partial charge in [-0.25, -0.2) is 4.79 Å². The molecule has 0 aliphatic carbocycles. The van der Waals surface area contributed by atoms with E-state index >= 15 is 0 Å². The van der Waals surface area contributed by atoms with E-state index in [1.54, 1.807) is 0 Å². The summed E-state index contributed by atoms with van der Waals surface area (Å²) in [4.78, 5) is 12.0. The zero-order valence-corrected chi connectivity index (χ0v) is 10.7. The summed E-state index contributed by atoms with van der Waals surface area (Å²) >= 11 is 1.37. The maximum Gasteiger partial charge on any atom is 0.347 e. The van der Waals surface area contributed by atoms with Gasteiger partial charge in [-0.1, -0.05) is 30.3 Å². The standard InChI is InChI=1S/C15H9NO2S/c16-14-13-10(7-19-14)12-9-4-2-1-3-8(9)5-6-11(12)18-15(13)17/h1-7H,16H2. The molecule has 4 heteroatoms. The van der Waals surface area contributed by atoms with E-state index in [0.717, 1.165) is 21.5 Å². The Bertz CT molecular complexity index is 997. The lowest BCUT2D eigenvalue weighted by molar-refractivity contribution is 0.570. The summed E-state index contributed by atoms with van der Waals surface area (Å²) in [6, 6.07) is 11.8. The molecule has 2 heterocycles. The van der Waals surface area contributed by atoms with Gasteiger partial charge in [0.1, 0.15) is 16.0 Å². The number of rotatable bonds is 0. The summed E-state index contributed by atoms with van der Waals surface area (Å²) in [5, 5.41) is 6.97. The highest BCUT2D eigenvalue weighted by atomic mass is 32.1. The molecule has 0 radical (unpaired) electrons. The second-order valence-electron chi connectivity index (χ2n) is 4.44. The fraction of sp³-hybridized carbons (Fsp3) is 0. The SMILES string of the molecule is Nc1scc2c1c(=O)oc1ccc3ccccc3c12. The third kappa shape index (κ3) is 1.34. The molecule has 0 fully saturated rings. The van der Waals surface area contributed by atoms with Crippen LogP contribution in [-0.2, 0) is 0 Å². The van der Waals surface area contributed by atoms with Gasteiger partial charge in [0.25, 0.3) is 0 Å². The quantitative estimate of drug-likeness (QED) is 0.390. The number of hydrogen-bond donors (Lipinski definition) is 1. The lowest BCUT2D eigenvalue weighted by Gasteiger charge is -2.04. The molecular formula is C15H9NO2S. The Morgan fingerprint density at radius 3 is 2.74 bits per heavy atom. The zero-order valence-electron chi connectivity index (χ0n) is 9.84. The average molecular weight is 267 g/mol. The van der Waals surface area contributed by atoms with Gasteiger partial charge in [-0.05, 0) is 16.8 Å². The van der Waals surface area contributed by atoms with Crippen LogP contribution >= 0.6 is 11.3 Å². The van der Waals surface area contributed by atoms with Crippen LogP contribution in [0.25, 0.3) is 32.5 Å². The number of hydrogen-bond acceptors (Lipinski definition) is 4. The van der Waals surface area contributed by atoms with Crippen molar-refractivity contribution in [3.05, 3.63) is 52.2 Å². The van der Waals surface area contributed by atoms with E-state index < -0.39 is 0 Å². The van der Waals surface area contributed by atoms with Crippen LogP contribution < -0.4 is 11.4 Å². The molecule has 0 atom stereocenters. The molecule has 0 spiro atoms. The van der Waals surface area contributed by atoms with E-state index in [4.69, 9.17) is 10.2 Å². The summed E-state index contributed by atoms with van der Waals surface area (Å²) in [6.45, 7) is 0. The van der Waals surface area contributed by atoms with Crippen LogP contribution in [0.5, 0.6) is 0 Å². The predicted octanol–water partition coefficient (Wildman–Crippen LogP) is 3.74. The number of benzene rings is 2. The third-order valence-electron chi connectivity index (χ3n) is 3.39. The highest BCUT2D eigenvalue weighted by molar-refractivity contribution is 7.16. The average Bonchev–Trinajstić information content (AvgIpc) is 2.81. The van der Waals surface area contributed by atoms with Crippen LogP contribution in [0.15, 0.2) is 51.0 Å². The summed E-state index contributed by atoms with van der Waals surface area (Å²) in [7, 11) is 0. The van der Waals surface area contributed by atoms with Gasteiger partial charge in [-0.15, -0.1) is 11.3 Å². The number of nitrogen functional groups attached to an aromatic ring is 1. The molecule has 0 bridgehead atoms. The maximum absolute atomic E-state index is 12.0. The van der Waals surface area contributed by atoms with Crippen LogP contribution in [0, 0.1) is 0 Å². The van der Waals surface area contributed by atoms with Gasteiger partial charge in [0.2, 0.25) is 0 Å².